The molecule has 0 radical (unpaired) electrons. The van der Waals surface area contributed by atoms with Gasteiger partial charge in [-0.3, -0.25) is 0 Å². The van der Waals surface area contributed by atoms with Gasteiger partial charge in [-0.25, -0.2) is 0 Å². The number of anilines is 5. The van der Waals surface area contributed by atoms with Crippen molar-refractivity contribution in [2.45, 2.75) is 45.4 Å². The van der Waals surface area contributed by atoms with E-state index in [0.717, 1.165) is 0 Å². The Morgan fingerprint density at radius 1 is 0.500 bits per heavy atom. The lowest BCUT2D eigenvalue weighted by atomic mass is 9.43. The molecule has 50 heavy (non-hydrogen) atoms. The van der Waals surface area contributed by atoms with E-state index in [2.05, 4.69) is 190 Å². The predicted molar refractivity (Wildman–Crippen MR) is 213 cm³/mol. The van der Waals surface area contributed by atoms with Crippen molar-refractivity contribution in [3.8, 4) is 11.1 Å². The Hall–Kier alpha value is -5.54. The molecule has 2 nitrogen and oxygen atoms in total. The number of aryl methyl sites for hydroxylation is 1. The minimum Gasteiger partial charge on any atom is -0.376 e. The summed E-state index contributed by atoms with van der Waals surface area (Å²) in [6.07, 6.45) is 0. The average Bonchev–Trinajstić information content (AvgIpc) is 3.14. The Balaban J connectivity index is 1.40. The summed E-state index contributed by atoms with van der Waals surface area (Å²) in [5.41, 5.74) is 18.2. The second kappa shape index (κ2) is 10.2. The maximum absolute atomic E-state index is 2.68. The Morgan fingerprint density at radius 2 is 1.10 bits per heavy atom. The first kappa shape index (κ1) is 29.4. The van der Waals surface area contributed by atoms with Crippen molar-refractivity contribution in [3.05, 3.63) is 173 Å². The Labute approximate surface area is 295 Å². The minimum atomic E-state index is -0.160. The van der Waals surface area contributed by atoms with Crippen LogP contribution in [0.4, 0.5) is 28.4 Å². The fraction of sp³-hybridized carbons (Fsp3) is 0.149. The number of hydrogen-bond donors (Lipinski definition) is 0. The van der Waals surface area contributed by atoms with Gasteiger partial charge in [0.05, 0.1) is 0 Å². The molecule has 0 saturated heterocycles. The Bertz CT molecular complexity index is 2530. The highest BCUT2D eigenvalue weighted by molar-refractivity contribution is 6.94. The third-order valence-electron chi connectivity index (χ3n) is 12.0. The van der Waals surface area contributed by atoms with Crippen molar-refractivity contribution in [1.82, 2.24) is 0 Å². The zero-order chi connectivity index (χ0) is 33.9. The third-order valence-corrected chi connectivity index (χ3v) is 12.0. The molecule has 7 aromatic rings. The molecule has 10 rings (SSSR count). The van der Waals surface area contributed by atoms with Crippen LogP contribution in [0.2, 0.25) is 0 Å². The number of rotatable bonds is 2. The number of nitrogens with zero attached hydrogens (tertiary/aromatic N) is 2. The molecular formula is C47H39BN2. The molecule has 240 valence electrons. The maximum Gasteiger partial charge on any atom is 0.333 e. The van der Waals surface area contributed by atoms with E-state index in [1.54, 1.807) is 0 Å². The zero-order valence-electron chi connectivity index (χ0n) is 29.3. The predicted octanol–water partition coefficient (Wildman–Crippen LogP) is 10.8. The van der Waals surface area contributed by atoms with Crippen LogP contribution in [0.5, 0.6) is 0 Å². The summed E-state index contributed by atoms with van der Waals surface area (Å²) >= 11 is 0. The minimum absolute atomic E-state index is 0.0144. The molecule has 0 fully saturated rings. The Morgan fingerprint density at radius 3 is 1.84 bits per heavy atom. The second-order valence-electron chi connectivity index (χ2n) is 15.4. The highest BCUT2D eigenvalue weighted by Gasteiger charge is 2.48. The van der Waals surface area contributed by atoms with Crippen LogP contribution in [-0.4, -0.2) is 6.85 Å². The average molecular weight is 643 g/mol. The molecule has 3 aliphatic rings. The van der Waals surface area contributed by atoms with E-state index < -0.39 is 0 Å². The van der Waals surface area contributed by atoms with Crippen molar-refractivity contribution in [1.29, 1.82) is 0 Å². The van der Waals surface area contributed by atoms with Gasteiger partial charge in [0, 0.05) is 44.8 Å². The fourth-order valence-electron chi connectivity index (χ4n) is 9.56. The standard InChI is InChI=1S/C47H39BN2/c1-30-17-9-15-25-40(30)50-42-29-38-37(46(2,3)35-22-12-13-23-36(35)47(38,4)5)28-34(42)44-33-21-11-10-18-31(33)27-43-45(44)48(50)39-24-14-16-26-41(39)49(43)32-19-7-6-8-20-32/h6-29H,1-5H3. The fourth-order valence-corrected chi connectivity index (χ4v) is 9.56. The lowest BCUT2D eigenvalue weighted by molar-refractivity contribution is 0.521. The van der Waals surface area contributed by atoms with Crippen molar-refractivity contribution >= 4 is 57.0 Å². The van der Waals surface area contributed by atoms with Crippen LogP contribution in [-0.2, 0) is 10.8 Å². The maximum atomic E-state index is 2.68. The largest absolute Gasteiger partial charge is 0.376 e. The van der Waals surface area contributed by atoms with E-state index in [4.69, 9.17) is 0 Å². The highest BCUT2D eigenvalue weighted by Crippen LogP contribution is 2.55. The van der Waals surface area contributed by atoms with Crippen LogP contribution in [0, 0.1) is 6.92 Å². The quantitative estimate of drug-likeness (QED) is 0.173. The van der Waals surface area contributed by atoms with Crippen LogP contribution in [0.25, 0.3) is 21.9 Å². The van der Waals surface area contributed by atoms with Gasteiger partial charge < -0.3 is 9.71 Å². The number of benzene rings is 7. The van der Waals surface area contributed by atoms with Gasteiger partial charge in [-0.05, 0) is 104 Å². The van der Waals surface area contributed by atoms with Crippen LogP contribution in [0.3, 0.4) is 0 Å². The SMILES string of the molecule is Cc1ccccc1N1B2c3ccccc3N(c3ccccc3)c3cc4ccccc4c(c32)-c2cc3c(cc21)C(C)(C)c1ccccc1C3(C)C. The van der Waals surface area contributed by atoms with E-state index in [-0.39, 0.29) is 17.7 Å². The smallest absolute Gasteiger partial charge is 0.333 e. The number of hydrogen-bond acceptors (Lipinski definition) is 2. The molecule has 0 bridgehead atoms. The summed E-state index contributed by atoms with van der Waals surface area (Å²) in [6, 6.07) is 54.7. The molecule has 1 aliphatic carbocycles. The number of para-hydroxylation sites is 3. The third kappa shape index (κ3) is 3.81. The molecule has 7 aromatic carbocycles. The first-order valence-electron chi connectivity index (χ1n) is 17.9. The highest BCUT2D eigenvalue weighted by atomic mass is 15.2. The summed E-state index contributed by atoms with van der Waals surface area (Å²) in [5, 5.41) is 2.57. The van der Waals surface area contributed by atoms with Gasteiger partial charge in [-0.15, -0.1) is 0 Å². The molecule has 0 aromatic heterocycles. The van der Waals surface area contributed by atoms with Crippen LogP contribution >= 0.6 is 0 Å². The second-order valence-corrected chi connectivity index (χ2v) is 15.4. The van der Waals surface area contributed by atoms with Crippen molar-refractivity contribution in [2.24, 2.45) is 0 Å². The van der Waals surface area contributed by atoms with E-state index >= 15 is 0 Å². The van der Waals surface area contributed by atoms with Crippen molar-refractivity contribution < 1.29 is 0 Å². The molecule has 0 unspecified atom stereocenters. The molecule has 2 heterocycles. The molecule has 2 aliphatic heterocycles. The van der Waals surface area contributed by atoms with Gasteiger partial charge in [-0.1, -0.05) is 131 Å². The van der Waals surface area contributed by atoms with Crippen LogP contribution in [0.1, 0.15) is 55.5 Å². The lowest BCUT2D eigenvalue weighted by Gasteiger charge is -2.49. The van der Waals surface area contributed by atoms with Gasteiger partial charge in [0.1, 0.15) is 0 Å². The molecule has 0 amide bonds. The zero-order valence-corrected chi connectivity index (χ0v) is 29.3. The normalized spacial score (nSPS) is 15.9. The van der Waals surface area contributed by atoms with Gasteiger partial charge in [0.15, 0.2) is 0 Å². The molecule has 0 saturated carbocycles. The molecule has 0 spiro atoms. The summed E-state index contributed by atoms with van der Waals surface area (Å²) in [7, 11) is 0. The molecule has 3 heteroatoms. The summed E-state index contributed by atoms with van der Waals surface area (Å²) in [4.78, 5) is 5.18. The number of fused-ring (bicyclic) bond motifs is 8. The van der Waals surface area contributed by atoms with E-state index in [1.165, 1.54) is 89.1 Å². The summed E-state index contributed by atoms with van der Waals surface area (Å²) < 4.78 is 0. The van der Waals surface area contributed by atoms with Gasteiger partial charge in [0.2, 0.25) is 0 Å². The van der Waals surface area contributed by atoms with Gasteiger partial charge in [-0.2, -0.15) is 0 Å². The van der Waals surface area contributed by atoms with Gasteiger partial charge >= 0.3 is 6.85 Å². The topological polar surface area (TPSA) is 6.48 Å². The Kier molecular flexibility index (Phi) is 6.02. The van der Waals surface area contributed by atoms with Crippen molar-refractivity contribution in [3.63, 3.8) is 0 Å². The molecule has 0 atom stereocenters. The van der Waals surface area contributed by atoms with Crippen molar-refractivity contribution in [2.75, 3.05) is 9.71 Å². The van der Waals surface area contributed by atoms with E-state index in [0.29, 0.717) is 0 Å². The molecule has 0 N–H and O–H groups in total. The monoisotopic (exact) mass is 642 g/mol. The first-order chi connectivity index (χ1) is 24.3. The van der Waals surface area contributed by atoms with E-state index in [9.17, 15) is 0 Å². The summed E-state index contributed by atoms with van der Waals surface area (Å²) in [6.45, 7) is 11.9. The molecular weight excluding hydrogens is 603 g/mol. The lowest BCUT2D eigenvalue weighted by Crippen LogP contribution is -2.61. The van der Waals surface area contributed by atoms with E-state index in [1.807, 2.05) is 0 Å². The van der Waals surface area contributed by atoms with Crippen LogP contribution < -0.4 is 20.6 Å². The van der Waals surface area contributed by atoms with Crippen LogP contribution in [0.15, 0.2) is 146 Å². The first-order valence-corrected chi connectivity index (χ1v) is 17.9. The summed E-state index contributed by atoms with van der Waals surface area (Å²) in [5.74, 6) is 0. The van der Waals surface area contributed by atoms with Gasteiger partial charge in [0.25, 0.3) is 0 Å².